The minimum absolute atomic E-state index is 0.0447. The number of halogens is 4. The van der Waals surface area contributed by atoms with Crippen LogP contribution in [-0.4, -0.2) is 11.5 Å². The Morgan fingerprint density at radius 1 is 1.33 bits per heavy atom. The van der Waals surface area contributed by atoms with Crippen LogP contribution in [0.2, 0.25) is 5.02 Å². The Bertz CT molecular complexity index is 637. The zero-order chi connectivity index (χ0) is 15.4. The molecule has 2 nitrogen and oxygen atoms in total. The van der Waals surface area contributed by atoms with Crippen molar-refractivity contribution < 1.29 is 4.39 Å². The Morgan fingerprint density at radius 2 is 2.10 bits per heavy atom. The molecule has 1 aromatic carbocycles. The molecule has 0 aliphatic rings. The van der Waals surface area contributed by atoms with Gasteiger partial charge in [-0.25, -0.2) is 4.39 Å². The number of benzene rings is 1. The average Bonchev–Trinajstić information content (AvgIpc) is 2.42. The molecule has 112 valence electrons. The van der Waals surface area contributed by atoms with Crippen LogP contribution < -0.4 is 5.32 Å². The Labute approximate surface area is 145 Å². The van der Waals surface area contributed by atoms with E-state index in [0.717, 1.165) is 26.7 Å². The van der Waals surface area contributed by atoms with E-state index in [1.807, 2.05) is 13.0 Å². The highest BCUT2D eigenvalue weighted by Crippen LogP contribution is 2.29. The van der Waals surface area contributed by atoms with Crippen LogP contribution in [0.5, 0.6) is 0 Å². The van der Waals surface area contributed by atoms with Crippen molar-refractivity contribution in [3.63, 3.8) is 0 Å². The molecule has 0 aliphatic heterocycles. The van der Waals surface area contributed by atoms with E-state index in [1.54, 1.807) is 12.3 Å². The van der Waals surface area contributed by atoms with Gasteiger partial charge in [-0.2, -0.15) is 0 Å². The summed E-state index contributed by atoms with van der Waals surface area (Å²) in [5.74, 6) is -0.285. The lowest BCUT2D eigenvalue weighted by Crippen LogP contribution is -2.24. The zero-order valence-corrected chi connectivity index (χ0v) is 15.3. The topological polar surface area (TPSA) is 24.9 Å². The maximum absolute atomic E-state index is 13.4. The lowest BCUT2D eigenvalue weighted by molar-refractivity contribution is 0.532. The number of pyridine rings is 1. The van der Waals surface area contributed by atoms with Gasteiger partial charge in [-0.3, -0.25) is 4.98 Å². The first-order chi connectivity index (χ1) is 10.0. The molecule has 0 fully saturated rings. The average molecular weight is 437 g/mol. The summed E-state index contributed by atoms with van der Waals surface area (Å²) in [6.45, 7) is 2.80. The molecule has 0 aliphatic carbocycles. The predicted octanol–water partition coefficient (Wildman–Crippen LogP) is 5.29. The van der Waals surface area contributed by atoms with Gasteiger partial charge in [0.25, 0.3) is 0 Å². The second-order valence-electron chi connectivity index (χ2n) is 4.57. The molecule has 21 heavy (non-hydrogen) atoms. The third-order valence-corrected chi connectivity index (χ3v) is 4.49. The van der Waals surface area contributed by atoms with E-state index in [1.165, 1.54) is 12.1 Å². The van der Waals surface area contributed by atoms with E-state index in [2.05, 4.69) is 42.2 Å². The molecule has 1 atom stereocenters. The first-order valence-corrected chi connectivity index (χ1v) is 8.46. The highest BCUT2D eigenvalue weighted by atomic mass is 79.9. The second-order valence-corrected chi connectivity index (χ2v) is 6.75. The Kier molecular flexibility index (Phi) is 6.17. The van der Waals surface area contributed by atoms with E-state index >= 15 is 0 Å². The quantitative estimate of drug-likeness (QED) is 0.689. The molecule has 1 unspecified atom stereocenters. The normalized spacial score (nSPS) is 12.4. The first-order valence-electron chi connectivity index (χ1n) is 6.49. The standard InChI is InChI=1S/C15H14Br2ClFN2/c1-2-20-14(15-12(17)7-10(16)8-21-15)6-9-5-11(19)3-4-13(9)18/h3-5,7-8,14,20H,2,6H2,1H3. The largest absolute Gasteiger partial charge is 0.309 e. The van der Waals surface area contributed by atoms with Gasteiger partial charge in [-0.05, 0) is 74.7 Å². The number of nitrogens with zero attached hydrogens (tertiary/aromatic N) is 1. The van der Waals surface area contributed by atoms with Crippen molar-refractivity contribution in [3.8, 4) is 0 Å². The number of aromatic nitrogens is 1. The maximum Gasteiger partial charge on any atom is 0.123 e. The SMILES string of the molecule is CCNC(Cc1cc(F)ccc1Cl)c1ncc(Br)cc1Br. The van der Waals surface area contributed by atoms with Crippen molar-refractivity contribution in [1.29, 1.82) is 0 Å². The minimum atomic E-state index is -0.285. The zero-order valence-electron chi connectivity index (χ0n) is 11.3. The van der Waals surface area contributed by atoms with Crippen LogP contribution in [-0.2, 0) is 6.42 Å². The molecular formula is C15H14Br2ClFN2. The van der Waals surface area contributed by atoms with E-state index in [9.17, 15) is 4.39 Å². The first kappa shape index (κ1) is 16.9. The molecule has 0 spiro atoms. The van der Waals surface area contributed by atoms with Gasteiger partial charge in [-0.1, -0.05) is 18.5 Å². The number of hydrogen-bond acceptors (Lipinski definition) is 2. The summed E-state index contributed by atoms with van der Waals surface area (Å²) in [7, 11) is 0. The molecule has 0 amide bonds. The summed E-state index contributed by atoms with van der Waals surface area (Å²) in [5.41, 5.74) is 1.64. The molecule has 0 bridgehead atoms. The van der Waals surface area contributed by atoms with Crippen LogP contribution in [0.15, 0.2) is 39.4 Å². The monoisotopic (exact) mass is 434 g/mol. The predicted molar refractivity (Wildman–Crippen MR) is 91.2 cm³/mol. The van der Waals surface area contributed by atoms with E-state index < -0.39 is 0 Å². The molecule has 1 N–H and O–H groups in total. The third-order valence-electron chi connectivity index (χ3n) is 3.05. The van der Waals surface area contributed by atoms with Crippen molar-refractivity contribution in [2.24, 2.45) is 0 Å². The third kappa shape index (κ3) is 4.49. The fraction of sp³-hybridized carbons (Fsp3) is 0.267. The van der Waals surface area contributed by atoms with Gasteiger partial charge >= 0.3 is 0 Å². The summed E-state index contributed by atoms with van der Waals surface area (Å²) in [6, 6.07) is 6.32. The highest BCUT2D eigenvalue weighted by molar-refractivity contribution is 9.11. The molecule has 6 heteroatoms. The van der Waals surface area contributed by atoms with Crippen LogP contribution in [0.1, 0.15) is 24.2 Å². The van der Waals surface area contributed by atoms with Gasteiger partial charge in [0.2, 0.25) is 0 Å². The minimum Gasteiger partial charge on any atom is -0.309 e. The number of likely N-dealkylation sites (N-methyl/N-ethyl adjacent to an activating group) is 1. The van der Waals surface area contributed by atoms with Crippen LogP contribution in [0.25, 0.3) is 0 Å². The second kappa shape index (κ2) is 7.68. The smallest absolute Gasteiger partial charge is 0.123 e. The lowest BCUT2D eigenvalue weighted by atomic mass is 10.0. The van der Waals surface area contributed by atoms with Crippen LogP contribution in [0, 0.1) is 5.82 Å². The Morgan fingerprint density at radius 3 is 2.76 bits per heavy atom. The highest BCUT2D eigenvalue weighted by Gasteiger charge is 2.18. The van der Waals surface area contributed by atoms with Crippen LogP contribution in [0.3, 0.4) is 0 Å². The summed E-state index contributed by atoms with van der Waals surface area (Å²) in [4.78, 5) is 4.45. The Hall–Kier alpha value is -0.490. The van der Waals surface area contributed by atoms with Gasteiger partial charge in [0.05, 0.1) is 11.7 Å². The van der Waals surface area contributed by atoms with Gasteiger partial charge in [0, 0.05) is 20.2 Å². The van der Waals surface area contributed by atoms with E-state index in [-0.39, 0.29) is 11.9 Å². The van der Waals surface area contributed by atoms with Gasteiger partial charge < -0.3 is 5.32 Å². The Balaban J connectivity index is 2.32. The number of rotatable bonds is 5. The summed E-state index contributed by atoms with van der Waals surface area (Å²) in [5, 5.41) is 3.93. The van der Waals surface area contributed by atoms with Crippen LogP contribution >= 0.6 is 43.5 Å². The van der Waals surface area contributed by atoms with E-state index in [4.69, 9.17) is 11.6 Å². The molecule has 2 rings (SSSR count). The summed E-state index contributed by atoms with van der Waals surface area (Å²) < 4.78 is 15.2. The fourth-order valence-corrected chi connectivity index (χ4v) is 3.57. The van der Waals surface area contributed by atoms with Crippen molar-refractivity contribution in [2.45, 2.75) is 19.4 Å². The lowest BCUT2D eigenvalue weighted by Gasteiger charge is -2.19. The van der Waals surface area contributed by atoms with Gasteiger partial charge in [0.1, 0.15) is 5.82 Å². The summed E-state index contributed by atoms with van der Waals surface area (Å²) >= 11 is 13.1. The van der Waals surface area contributed by atoms with E-state index in [0.29, 0.717) is 11.4 Å². The molecule has 2 aromatic rings. The number of nitrogens with one attached hydrogen (secondary N) is 1. The van der Waals surface area contributed by atoms with Gasteiger partial charge in [0.15, 0.2) is 0 Å². The van der Waals surface area contributed by atoms with Crippen molar-refractivity contribution in [1.82, 2.24) is 10.3 Å². The molecule has 1 aromatic heterocycles. The van der Waals surface area contributed by atoms with Crippen molar-refractivity contribution in [3.05, 3.63) is 61.5 Å². The van der Waals surface area contributed by atoms with Gasteiger partial charge in [-0.15, -0.1) is 0 Å². The fourth-order valence-electron chi connectivity index (χ4n) is 2.11. The maximum atomic E-state index is 13.4. The van der Waals surface area contributed by atoms with Crippen molar-refractivity contribution >= 4 is 43.5 Å². The number of hydrogen-bond donors (Lipinski definition) is 1. The molecule has 0 radical (unpaired) electrons. The molecule has 0 saturated heterocycles. The molecular weight excluding hydrogens is 422 g/mol. The van der Waals surface area contributed by atoms with Crippen LogP contribution in [0.4, 0.5) is 4.39 Å². The van der Waals surface area contributed by atoms with Crippen molar-refractivity contribution in [2.75, 3.05) is 6.54 Å². The molecule has 1 heterocycles. The molecule has 0 saturated carbocycles. The summed E-state index contributed by atoms with van der Waals surface area (Å²) in [6.07, 6.45) is 2.31.